The Morgan fingerprint density at radius 2 is 1.95 bits per heavy atom. The van der Waals surface area contributed by atoms with E-state index in [1.807, 2.05) is 49.4 Å². The Bertz CT molecular complexity index is 531. The van der Waals surface area contributed by atoms with Crippen LogP contribution in [0.15, 0.2) is 30.6 Å². The molecule has 1 atom stereocenters. The summed E-state index contributed by atoms with van der Waals surface area (Å²) in [6.07, 6.45) is 5.60. The van der Waals surface area contributed by atoms with E-state index in [-0.39, 0.29) is 6.04 Å². The van der Waals surface area contributed by atoms with E-state index >= 15 is 0 Å². The predicted molar refractivity (Wildman–Crippen MR) is 79.9 cm³/mol. The van der Waals surface area contributed by atoms with Crippen LogP contribution in [-0.2, 0) is 19.9 Å². The second kappa shape index (κ2) is 6.42. The average Bonchev–Trinajstić information content (AvgIpc) is 2.78. The molecule has 0 amide bonds. The molecule has 0 aliphatic carbocycles. The number of benzene rings is 1. The number of nitrogens with one attached hydrogen (secondary N) is 1. The van der Waals surface area contributed by atoms with Crippen molar-refractivity contribution in [2.75, 3.05) is 7.05 Å². The van der Waals surface area contributed by atoms with Crippen molar-refractivity contribution in [3.8, 4) is 0 Å². The third-order valence-corrected chi connectivity index (χ3v) is 3.87. The Kier molecular flexibility index (Phi) is 4.86. The lowest BCUT2D eigenvalue weighted by Crippen LogP contribution is -2.30. The van der Waals surface area contributed by atoms with E-state index in [2.05, 4.69) is 10.4 Å². The van der Waals surface area contributed by atoms with Gasteiger partial charge in [0.2, 0.25) is 0 Å². The van der Waals surface area contributed by atoms with Crippen molar-refractivity contribution in [1.82, 2.24) is 15.1 Å². The molecule has 0 radical (unpaired) electrons. The van der Waals surface area contributed by atoms with Crippen molar-refractivity contribution in [1.29, 1.82) is 0 Å². The second-order valence-corrected chi connectivity index (χ2v) is 5.43. The van der Waals surface area contributed by atoms with E-state index in [0.717, 1.165) is 28.5 Å². The monoisotopic (exact) mass is 297 g/mol. The molecule has 1 unspecified atom stereocenters. The first-order chi connectivity index (χ1) is 9.10. The van der Waals surface area contributed by atoms with Crippen molar-refractivity contribution < 1.29 is 0 Å². The van der Waals surface area contributed by atoms with Crippen LogP contribution in [0, 0.1) is 0 Å². The van der Waals surface area contributed by atoms with Gasteiger partial charge in [0.25, 0.3) is 0 Å². The minimum atomic E-state index is 0.279. The summed E-state index contributed by atoms with van der Waals surface area (Å²) in [6, 6.07) is 5.89. The van der Waals surface area contributed by atoms with Gasteiger partial charge in [-0.3, -0.25) is 4.68 Å². The van der Waals surface area contributed by atoms with Gasteiger partial charge < -0.3 is 5.32 Å². The van der Waals surface area contributed by atoms with E-state index in [1.54, 1.807) is 0 Å². The average molecular weight is 298 g/mol. The van der Waals surface area contributed by atoms with Crippen molar-refractivity contribution in [3.63, 3.8) is 0 Å². The third-order valence-electron chi connectivity index (χ3n) is 3.16. The fourth-order valence-electron chi connectivity index (χ4n) is 2.11. The van der Waals surface area contributed by atoms with Crippen LogP contribution in [0.5, 0.6) is 0 Å². The molecule has 19 heavy (non-hydrogen) atoms. The lowest BCUT2D eigenvalue weighted by atomic mass is 10.0. The summed E-state index contributed by atoms with van der Waals surface area (Å²) in [5.41, 5.74) is 2.19. The molecule has 0 aliphatic heterocycles. The zero-order valence-electron chi connectivity index (χ0n) is 11.0. The maximum absolute atomic E-state index is 6.21. The Labute approximate surface area is 123 Å². The minimum Gasteiger partial charge on any atom is -0.316 e. The first kappa shape index (κ1) is 14.4. The normalized spacial score (nSPS) is 12.6. The van der Waals surface area contributed by atoms with Crippen LogP contribution in [0.25, 0.3) is 0 Å². The van der Waals surface area contributed by atoms with Crippen LogP contribution in [0.3, 0.4) is 0 Å². The Balaban J connectivity index is 2.11. The van der Waals surface area contributed by atoms with Crippen LogP contribution in [0.4, 0.5) is 0 Å². The van der Waals surface area contributed by atoms with Gasteiger partial charge in [-0.1, -0.05) is 29.3 Å². The molecule has 0 bridgehead atoms. The summed E-state index contributed by atoms with van der Waals surface area (Å²) in [6.45, 7) is 0. The summed E-state index contributed by atoms with van der Waals surface area (Å²) in [5.74, 6) is 0. The van der Waals surface area contributed by atoms with E-state index in [4.69, 9.17) is 23.2 Å². The molecule has 1 N–H and O–H groups in total. The lowest BCUT2D eigenvalue weighted by Gasteiger charge is -2.17. The van der Waals surface area contributed by atoms with Gasteiger partial charge in [0, 0.05) is 29.3 Å². The molecule has 5 heteroatoms. The van der Waals surface area contributed by atoms with Crippen LogP contribution in [0.1, 0.15) is 11.1 Å². The van der Waals surface area contributed by atoms with Crippen LogP contribution in [-0.4, -0.2) is 22.9 Å². The number of rotatable bonds is 5. The number of halogens is 2. The van der Waals surface area contributed by atoms with Gasteiger partial charge in [0.15, 0.2) is 0 Å². The molecule has 1 heterocycles. The quantitative estimate of drug-likeness (QED) is 0.919. The first-order valence-electron chi connectivity index (χ1n) is 6.18. The van der Waals surface area contributed by atoms with Crippen LogP contribution >= 0.6 is 23.2 Å². The summed E-state index contributed by atoms with van der Waals surface area (Å²) in [5, 5.41) is 8.93. The summed E-state index contributed by atoms with van der Waals surface area (Å²) < 4.78 is 1.81. The van der Waals surface area contributed by atoms with Crippen LogP contribution in [0.2, 0.25) is 10.0 Å². The molecule has 102 valence electrons. The highest BCUT2D eigenvalue weighted by molar-refractivity contribution is 6.36. The molecule has 0 fully saturated rings. The maximum Gasteiger partial charge on any atom is 0.0522 e. The highest BCUT2D eigenvalue weighted by Gasteiger charge is 2.14. The van der Waals surface area contributed by atoms with E-state index in [9.17, 15) is 0 Å². The van der Waals surface area contributed by atoms with Gasteiger partial charge in [-0.15, -0.1) is 0 Å². The minimum absolute atomic E-state index is 0.279. The standard InChI is InChI=1S/C14H17Cl2N3/c1-17-11(6-10-8-18-19(2)9-10)7-12-13(15)4-3-5-14(12)16/h3-5,8-9,11,17H,6-7H2,1-2H3. The molecule has 1 aromatic heterocycles. The molecule has 2 rings (SSSR count). The van der Waals surface area contributed by atoms with Crippen molar-refractivity contribution in [2.24, 2.45) is 7.05 Å². The van der Waals surface area contributed by atoms with E-state index < -0.39 is 0 Å². The van der Waals surface area contributed by atoms with Gasteiger partial charge in [-0.25, -0.2) is 0 Å². The number of aromatic nitrogens is 2. The van der Waals surface area contributed by atoms with Gasteiger partial charge in [-0.2, -0.15) is 5.10 Å². The molecule has 0 saturated heterocycles. The van der Waals surface area contributed by atoms with Crippen LogP contribution < -0.4 is 5.32 Å². The second-order valence-electron chi connectivity index (χ2n) is 4.62. The Morgan fingerprint density at radius 1 is 1.26 bits per heavy atom. The smallest absolute Gasteiger partial charge is 0.0522 e. The molecule has 0 saturated carbocycles. The number of hydrogen-bond acceptors (Lipinski definition) is 2. The molecular formula is C14H17Cl2N3. The van der Waals surface area contributed by atoms with Crippen molar-refractivity contribution in [3.05, 3.63) is 51.8 Å². The molecule has 3 nitrogen and oxygen atoms in total. The summed E-state index contributed by atoms with van der Waals surface area (Å²) >= 11 is 12.4. The van der Waals surface area contributed by atoms with Gasteiger partial charge in [-0.05, 0) is 43.1 Å². The first-order valence-corrected chi connectivity index (χ1v) is 6.93. The Morgan fingerprint density at radius 3 is 2.47 bits per heavy atom. The fourth-order valence-corrected chi connectivity index (χ4v) is 2.66. The molecular weight excluding hydrogens is 281 g/mol. The zero-order valence-corrected chi connectivity index (χ0v) is 12.5. The summed E-state index contributed by atoms with van der Waals surface area (Å²) in [4.78, 5) is 0. The Hall–Kier alpha value is -1.03. The molecule has 0 spiro atoms. The predicted octanol–water partition coefficient (Wildman–Crippen LogP) is 3.10. The molecule has 1 aromatic carbocycles. The number of aryl methyl sites for hydroxylation is 1. The van der Waals surface area contributed by atoms with Gasteiger partial charge >= 0.3 is 0 Å². The number of hydrogen-bond donors (Lipinski definition) is 1. The number of nitrogens with zero attached hydrogens (tertiary/aromatic N) is 2. The molecule has 0 aliphatic rings. The largest absolute Gasteiger partial charge is 0.316 e. The van der Waals surface area contributed by atoms with E-state index in [0.29, 0.717) is 0 Å². The van der Waals surface area contributed by atoms with Crippen molar-refractivity contribution in [2.45, 2.75) is 18.9 Å². The molecule has 2 aromatic rings. The maximum atomic E-state index is 6.21. The topological polar surface area (TPSA) is 29.9 Å². The SMILES string of the molecule is CNC(Cc1cnn(C)c1)Cc1c(Cl)cccc1Cl. The third kappa shape index (κ3) is 3.72. The van der Waals surface area contributed by atoms with Gasteiger partial charge in [0.05, 0.1) is 6.20 Å². The highest BCUT2D eigenvalue weighted by atomic mass is 35.5. The number of likely N-dealkylation sites (N-methyl/N-ethyl adjacent to an activating group) is 1. The zero-order chi connectivity index (χ0) is 13.8. The summed E-state index contributed by atoms with van der Waals surface area (Å²) in [7, 11) is 3.87. The van der Waals surface area contributed by atoms with E-state index in [1.165, 1.54) is 5.56 Å². The highest BCUT2D eigenvalue weighted by Crippen LogP contribution is 2.26. The van der Waals surface area contributed by atoms with Crippen molar-refractivity contribution >= 4 is 23.2 Å². The van der Waals surface area contributed by atoms with Gasteiger partial charge in [0.1, 0.15) is 0 Å². The lowest BCUT2D eigenvalue weighted by molar-refractivity contribution is 0.556. The fraction of sp³-hybridized carbons (Fsp3) is 0.357.